The van der Waals surface area contributed by atoms with Gasteiger partial charge in [-0.05, 0) is 32.9 Å². The fourth-order valence-electron chi connectivity index (χ4n) is 2.29. The van der Waals surface area contributed by atoms with Crippen LogP contribution in [0.5, 0.6) is 11.5 Å². The quantitative estimate of drug-likeness (QED) is 0.861. The van der Waals surface area contributed by atoms with Crippen LogP contribution in [0.25, 0.3) is 0 Å². The number of hydrogen-bond donors (Lipinski definition) is 2. The number of nitrogens with zero attached hydrogens (tertiary/aromatic N) is 1. The van der Waals surface area contributed by atoms with Crippen LogP contribution in [0.2, 0.25) is 0 Å². The van der Waals surface area contributed by atoms with Crippen molar-refractivity contribution in [2.75, 3.05) is 31.2 Å². The standard InChI is InChI=1S/C17H26N2O4/c1-12(20)19-7-8-22-16-6-5-14(9-15(16)19)23-11-13(21)10-18-17(2,3)4/h5-6,9,13,18,21H,7-8,10-11H2,1-4H3. The summed E-state index contributed by atoms with van der Waals surface area (Å²) < 4.78 is 11.2. The summed E-state index contributed by atoms with van der Waals surface area (Å²) in [6, 6.07) is 5.35. The maximum absolute atomic E-state index is 11.7. The van der Waals surface area contributed by atoms with Crippen LogP contribution in [-0.4, -0.2) is 49.0 Å². The van der Waals surface area contributed by atoms with Gasteiger partial charge in [0.25, 0.3) is 0 Å². The van der Waals surface area contributed by atoms with E-state index in [4.69, 9.17) is 9.47 Å². The minimum atomic E-state index is -0.606. The Hall–Kier alpha value is -1.79. The third-order valence-electron chi connectivity index (χ3n) is 3.48. The number of amides is 1. The summed E-state index contributed by atoms with van der Waals surface area (Å²) in [6.07, 6.45) is -0.606. The van der Waals surface area contributed by atoms with Crippen molar-refractivity contribution >= 4 is 11.6 Å². The van der Waals surface area contributed by atoms with Crippen LogP contribution in [0.1, 0.15) is 27.7 Å². The molecule has 1 aliphatic heterocycles. The van der Waals surface area contributed by atoms with Gasteiger partial charge >= 0.3 is 0 Å². The highest BCUT2D eigenvalue weighted by Gasteiger charge is 2.22. The van der Waals surface area contributed by atoms with E-state index in [1.54, 1.807) is 23.1 Å². The first kappa shape index (κ1) is 17.6. The van der Waals surface area contributed by atoms with E-state index >= 15 is 0 Å². The Morgan fingerprint density at radius 2 is 2.22 bits per heavy atom. The number of fused-ring (bicyclic) bond motifs is 1. The lowest BCUT2D eigenvalue weighted by Crippen LogP contribution is -2.42. The Morgan fingerprint density at radius 1 is 1.48 bits per heavy atom. The zero-order valence-corrected chi connectivity index (χ0v) is 14.3. The van der Waals surface area contributed by atoms with E-state index in [2.05, 4.69) is 5.32 Å². The molecule has 6 nitrogen and oxygen atoms in total. The molecule has 128 valence electrons. The molecule has 0 radical (unpaired) electrons. The number of carbonyl (C=O) groups is 1. The molecule has 1 aromatic carbocycles. The van der Waals surface area contributed by atoms with Crippen molar-refractivity contribution in [3.63, 3.8) is 0 Å². The zero-order valence-electron chi connectivity index (χ0n) is 14.3. The summed E-state index contributed by atoms with van der Waals surface area (Å²) in [5, 5.41) is 13.2. The molecule has 23 heavy (non-hydrogen) atoms. The van der Waals surface area contributed by atoms with Gasteiger partial charge in [0.1, 0.15) is 30.8 Å². The minimum Gasteiger partial charge on any atom is -0.491 e. The molecular weight excluding hydrogens is 296 g/mol. The Bertz CT molecular complexity index is 554. The molecule has 1 aliphatic rings. The van der Waals surface area contributed by atoms with Crippen molar-refractivity contribution in [1.82, 2.24) is 5.32 Å². The molecule has 1 unspecified atom stereocenters. The Kier molecular flexibility index (Phi) is 5.49. The van der Waals surface area contributed by atoms with Crippen molar-refractivity contribution in [3.05, 3.63) is 18.2 Å². The summed E-state index contributed by atoms with van der Waals surface area (Å²) >= 11 is 0. The molecule has 0 aliphatic carbocycles. The van der Waals surface area contributed by atoms with E-state index in [1.165, 1.54) is 6.92 Å². The van der Waals surface area contributed by atoms with E-state index < -0.39 is 6.10 Å². The van der Waals surface area contributed by atoms with Gasteiger partial charge in [-0.15, -0.1) is 0 Å². The highest BCUT2D eigenvalue weighted by Crippen LogP contribution is 2.35. The van der Waals surface area contributed by atoms with E-state index in [0.717, 1.165) is 0 Å². The number of carbonyl (C=O) groups excluding carboxylic acids is 1. The molecule has 0 bridgehead atoms. The number of rotatable bonds is 5. The van der Waals surface area contributed by atoms with E-state index in [9.17, 15) is 9.90 Å². The van der Waals surface area contributed by atoms with Gasteiger partial charge in [0, 0.05) is 25.1 Å². The maximum Gasteiger partial charge on any atom is 0.224 e. The average Bonchev–Trinajstić information content (AvgIpc) is 2.49. The van der Waals surface area contributed by atoms with Gasteiger partial charge in [-0.3, -0.25) is 4.79 Å². The van der Waals surface area contributed by atoms with Crippen LogP contribution in [0, 0.1) is 0 Å². The summed E-state index contributed by atoms with van der Waals surface area (Å²) in [7, 11) is 0. The summed E-state index contributed by atoms with van der Waals surface area (Å²) in [5.74, 6) is 1.25. The van der Waals surface area contributed by atoms with E-state index in [1.807, 2.05) is 20.8 Å². The SMILES string of the molecule is CC(=O)N1CCOc2ccc(OCC(O)CNC(C)(C)C)cc21. The number of anilines is 1. The first-order valence-corrected chi connectivity index (χ1v) is 7.87. The number of β-amino-alcohol motifs (C(OH)–C–C–N with tert-alkyl or cyclic N) is 1. The lowest BCUT2D eigenvalue weighted by molar-refractivity contribution is -0.116. The number of aliphatic hydroxyl groups excluding tert-OH is 1. The van der Waals surface area contributed by atoms with Crippen molar-refractivity contribution < 1.29 is 19.4 Å². The predicted octanol–water partition coefficient (Wildman–Crippen LogP) is 1.56. The van der Waals surface area contributed by atoms with Crippen molar-refractivity contribution in [3.8, 4) is 11.5 Å². The Morgan fingerprint density at radius 3 is 2.87 bits per heavy atom. The van der Waals surface area contributed by atoms with Crippen molar-refractivity contribution in [2.24, 2.45) is 0 Å². The normalized spacial score (nSPS) is 15.6. The highest BCUT2D eigenvalue weighted by atomic mass is 16.5. The molecular formula is C17H26N2O4. The number of nitrogens with one attached hydrogen (secondary N) is 1. The molecule has 2 N–H and O–H groups in total. The Balaban J connectivity index is 1.96. The molecule has 1 aromatic rings. The van der Waals surface area contributed by atoms with E-state index in [0.29, 0.717) is 36.9 Å². The largest absolute Gasteiger partial charge is 0.491 e. The smallest absolute Gasteiger partial charge is 0.224 e. The van der Waals surface area contributed by atoms with Gasteiger partial charge in [0.15, 0.2) is 0 Å². The van der Waals surface area contributed by atoms with Crippen LogP contribution < -0.4 is 19.7 Å². The summed E-state index contributed by atoms with van der Waals surface area (Å²) in [6.45, 7) is 9.32. The number of benzene rings is 1. The zero-order chi connectivity index (χ0) is 17.0. The molecule has 2 rings (SSSR count). The summed E-state index contributed by atoms with van der Waals surface area (Å²) in [4.78, 5) is 13.4. The molecule has 6 heteroatoms. The van der Waals surface area contributed by atoms with Gasteiger partial charge in [-0.25, -0.2) is 0 Å². The second-order valence-corrected chi connectivity index (χ2v) is 6.74. The molecule has 1 atom stereocenters. The van der Waals surface area contributed by atoms with Crippen LogP contribution in [0.3, 0.4) is 0 Å². The molecule has 1 amide bonds. The lowest BCUT2D eigenvalue weighted by Gasteiger charge is -2.29. The van der Waals surface area contributed by atoms with Crippen molar-refractivity contribution in [1.29, 1.82) is 0 Å². The highest BCUT2D eigenvalue weighted by molar-refractivity contribution is 5.93. The van der Waals surface area contributed by atoms with Gasteiger partial charge in [-0.2, -0.15) is 0 Å². The van der Waals surface area contributed by atoms with Crippen LogP contribution in [-0.2, 0) is 4.79 Å². The second-order valence-electron chi connectivity index (χ2n) is 6.74. The molecule has 0 spiro atoms. The van der Waals surface area contributed by atoms with Gasteiger partial charge < -0.3 is 24.8 Å². The molecule has 0 saturated heterocycles. The summed E-state index contributed by atoms with van der Waals surface area (Å²) in [5.41, 5.74) is 0.662. The minimum absolute atomic E-state index is 0.0267. The number of ether oxygens (including phenoxy) is 2. The Labute approximate surface area is 137 Å². The van der Waals surface area contributed by atoms with Crippen LogP contribution in [0.4, 0.5) is 5.69 Å². The third-order valence-corrected chi connectivity index (χ3v) is 3.48. The number of aliphatic hydroxyl groups is 1. The maximum atomic E-state index is 11.7. The average molecular weight is 322 g/mol. The monoisotopic (exact) mass is 322 g/mol. The fourth-order valence-corrected chi connectivity index (χ4v) is 2.29. The molecule has 0 saturated carbocycles. The fraction of sp³-hybridized carbons (Fsp3) is 0.588. The van der Waals surface area contributed by atoms with Gasteiger partial charge in [0.2, 0.25) is 5.91 Å². The first-order chi connectivity index (χ1) is 10.8. The molecule has 0 fully saturated rings. The van der Waals surface area contributed by atoms with Crippen molar-refractivity contribution in [2.45, 2.75) is 39.3 Å². The second kappa shape index (κ2) is 7.19. The van der Waals surface area contributed by atoms with Crippen LogP contribution >= 0.6 is 0 Å². The van der Waals surface area contributed by atoms with Gasteiger partial charge in [-0.1, -0.05) is 0 Å². The third kappa shape index (κ3) is 5.11. The lowest BCUT2D eigenvalue weighted by atomic mass is 10.1. The molecule has 0 aromatic heterocycles. The topological polar surface area (TPSA) is 71.0 Å². The van der Waals surface area contributed by atoms with E-state index in [-0.39, 0.29) is 18.1 Å². The molecule has 1 heterocycles. The predicted molar refractivity (Wildman–Crippen MR) is 89.2 cm³/mol. The number of hydrogen-bond acceptors (Lipinski definition) is 5. The first-order valence-electron chi connectivity index (χ1n) is 7.87. The van der Waals surface area contributed by atoms with Gasteiger partial charge in [0.05, 0.1) is 12.2 Å². The van der Waals surface area contributed by atoms with Crippen LogP contribution in [0.15, 0.2) is 18.2 Å².